The Morgan fingerprint density at radius 2 is 0.950 bits per heavy atom. The van der Waals surface area contributed by atoms with Gasteiger partial charge in [0.25, 0.3) is 0 Å². The summed E-state index contributed by atoms with van der Waals surface area (Å²) in [4.78, 5) is 84.7. The molecule has 0 aromatic heterocycles. The predicted molar refractivity (Wildman–Crippen MR) is 149 cm³/mol. The standard InChI is InChI=1S/C26H47N7O7/c1-7-8-27-12-21(35)28-13-22(36)29-14-23(37)32-20(10-17(4)5)26(40)31-15-24(38)33-19(9-16(2)3)25(39)30-11-18(6)34/h16-17,19-20,27H,7-15H2,1-6H3,(H,28,35)(H,29,36)(H,30,39)(H,31,40)(H,32,37)(H,33,38). The van der Waals surface area contributed by atoms with Gasteiger partial charge in [-0.15, -0.1) is 0 Å². The molecule has 0 bridgehead atoms. The largest absolute Gasteiger partial charge is 0.347 e. The zero-order valence-electron chi connectivity index (χ0n) is 24.5. The van der Waals surface area contributed by atoms with Crippen LogP contribution in [0.25, 0.3) is 0 Å². The maximum Gasteiger partial charge on any atom is 0.243 e. The predicted octanol–water partition coefficient (Wildman–Crippen LogP) is -1.90. The Labute approximate surface area is 236 Å². The number of amides is 6. The third-order valence-corrected chi connectivity index (χ3v) is 5.26. The van der Waals surface area contributed by atoms with Crippen molar-refractivity contribution < 1.29 is 33.6 Å². The maximum atomic E-state index is 12.8. The van der Waals surface area contributed by atoms with Crippen molar-refractivity contribution in [3.63, 3.8) is 0 Å². The van der Waals surface area contributed by atoms with Gasteiger partial charge in [-0.2, -0.15) is 0 Å². The molecule has 0 heterocycles. The molecule has 0 radical (unpaired) electrons. The number of Topliss-reactive ketones (excluding diaryl/α,β-unsaturated/α-hetero) is 1. The molecule has 14 heteroatoms. The van der Waals surface area contributed by atoms with Crippen LogP contribution in [0.5, 0.6) is 0 Å². The SMILES string of the molecule is CCCNCC(=O)NCC(=O)NCC(=O)NC(CC(C)C)C(=O)NCC(=O)NC(CC(C)C)C(=O)NCC(C)=O. The van der Waals surface area contributed by atoms with Gasteiger partial charge >= 0.3 is 0 Å². The number of carbonyl (C=O) groups excluding carboxylic acids is 7. The molecule has 14 nitrogen and oxygen atoms in total. The van der Waals surface area contributed by atoms with Crippen LogP contribution in [0.4, 0.5) is 0 Å². The maximum absolute atomic E-state index is 12.8. The average Bonchev–Trinajstić information content (AvgIpc) is 2.86. The molecule has 0 saturated heterocycles. The Morgan fingerprint density at radius 1 is 0.550 bits per heavy atom. The van der Waals surface area contributed by atoms with Gasteiger partial charge in [0.15, 0.2) is 0 Å². The van der Waals surface area contributed by atoms with E-state index in [9.17, 15) is 33.6 Å². The summed E-state index contributed by atoms with van der Waals surface area (Å²) >= 11 is 0. The van der Waals surface area contributed by atoms with E-state index in [0.717, 1.165) is 6.42 Å². The van der Waals surface area contributed by atoms with Gasteiger partial charge < -0.3 is 37.2 Å². The van der Waals surface area contributed by atoms with Crippen LogP contribution >= 0.6 is 0 Å². The highest BCUT2D eigenvalue weighted by atomic mass is 16.2. The van der Waals surface area contributed by atoms with Gasteiger partial charge in [-0.3, -0.25) is 33.6 Å². The Morgan fingerprint density at radius 3 is 1.38 bits per heavy atom. The molecule has 0 aromatic carbocycles. The first kappa shape index (κ1) is 36.5. The summed E-state index contributed by atoms with van der Waals surface area (Å²) < 4.78 is 0. The lowest BCUT2D eigenvalue weighted by Crippen LogP contribution is -2.54. The van der Waals surface area contributed by atoms with E-state index in [-0.39, 0.29) is 49.6 Å². The van der Waals surface area contributed by atoms with Crippen LogP contribution < -0.4 is 37.2 Å². The molecule has 0 rings (SSSR count). The second-order valence-electron chi connectivity index (χ2n) is 10.4. The van der Waals surface area contributed by atoms with Crippen molar-refractivity contribution >= 4 is 41.2 Å². The van der Waals surface area contributed by atoms with E-state index in [0.29, 0.717) is 13.0 Å². The van der Waals surface area contributed by atoms with Crippen molar-refractivity contribution in [3.05, 3.63) is 0 Å². The van der Waals surface area contributed by atoms with Gasteiger partial charge in [0, 0.05) is 0 Å². The summed E-state index contributed by atoms with van der Waals surface area (Å²) in [5.41, 5.74) is 0. The summed E-state index contributed by atoms with van der Waals surface area (Å²) in [6.07, 6.45) is 1.48. The van der Waals surface area contributed by atoms with Crippen molar-refractivity contribution in [3.8, 4) is 0 Å². The number of nitrogens with one attached hydrogen (secondary N) is 7. The summed E-state index contributed by atoms with van der Waals surface area (Å²) in [6.45, 7) is 10.2. The summed E-state index contributed by atoms with van der Waals surface area (Å²) in [5, 5.41) is 17.8. The van der Waals surface area contributed by atoms with E-state index in [4.69, 9.17) is 0 Å². The Kier molecular flexibility index (Phi) is 18.6. The quantitative estimate of drug-likeness (QED) is 0.0823. The molecule has 2 unspecified atom stereocenters. The smallest absolute Gasteiger partial charge is 0.243 e. The fourth-order valence-electron chi connectivity index (χ4n) is 3.38. The lowest BCUT2D eigenvalue weighted by Gasteiger charge is -2.22. The topological polar surface area (TPSA) is 204 Å². The third-order valence-electron chi connectivity index (χ3n) is 5.26. The van der Waals surface area contributed by atoms with E-state index >= 15 is 0 Å². The van der Waals surface area contributed by atoms with Crippen LogP contribution in [0.1, 0.15) is 60.8 Å². The van der Waals surface area contributed by atoms with Crippen molar-refractivity contribution in [1.29, 1.82) is 0 Å². The molecule has 0 saturated carbocycles. The lowest BCUT2D eigenvalue weighted by molar-refractivity contribution is -0.132. The molecule has 0 fully saturated rings. The molecule has 2 atom stereocenters. The molecule has 0 aromatic rings. The van der Waals surface area contributed by atoms with E-state index in [1.165, 1.54) is 6.92 Å². The monoisotopic (exact) mass is 569 g/mol. The molecular weight excluding hydrogens is 522 g/mol. The molecule has 6 amide bonds. The first-order valence-electron chi connectivity index (χ1n) is 13.6. The second-order valence-corrected chi connectivity index (χ2v) is 10.4. The molecule has 0 aliphatic heterocycles. The second kappa shape index (κ2) is 20.4. The number of ketones is 1. The fourth-order valence-corrected chi connectivity index (χ4v) is 3.38. The van der Waals surface area contributed by atoms with Gasteiger partial charge in [-0.1, -0.05) is 34.6 Å². The van der Waals surface area contributed by atoms with E-state index < -0.39 is 54.7 Å². The number of hydrogen-bond acceptors (Lipinski definition) is 8. The number of hydrogen-bond donors (Lipinski definition) is 7. The van der Waals surface area contributed by atoms with Crippen molar-refractivity contribution in [1.82, 2.24) is 37.2 Å². The van der Waals surface area contributed by atoms with Gasteiger partial charge in [0.2, 0.25) is 35.4 Å². The van der Waals surface area contributed by atoms with Gasteiger partial charge in [0.05, 0.1) is 32.7 Å². The van der Waals surface area contributed by atoms with Crippen LogP contribution in [-0.2, 0) is 33.6 Å². The van der Waals surface area contributed by atoms with Crippen LogP contribution in [0.2, 0.25) is 0 Å². The summed E-state index contributed by atoms with van der Waals surface area (Å²) in [7, 11) is 0. The van der Waals surface area contributed by atoms with E-state index in [1.54, 1.807) is 0 Å². The van der Waals surface area contributed by atoms with Crippen LogP contribution in [0, 0.1) is 11.8 Å². The van der Waals surface area contributed by atoms with Gasteiger partial charge in [0.1, 0.15) is 17.9 Å². The van der Waals surface area contributed by atoms with Gasteiger partial charge in [-0.25, -0.2) is 0 Å². The first-order valence-corrected chi connectivity index (χ1v) is 13.6. The molecule has 7 N–H and O–H groups in total. The minimum absolute atomic E-state index is 0.0244. The number of rotatable bonds is 20. The molecular formula is C26H47N7O7. The Bertz CT molecular complexity index is 877. The lowest BCUT2D eigenvalue weighted by atomic mass is 10.0. The highest BCUT2D eigenvalue weighted by molar-refractivity contribution is 5.94. The summed E-state index contributed by atoms with van der Waals surface area (Å²) in [5.74, 6) is -3.36. The fraction of sp³-hybridized carbons (Fsp3) is 0.731. The van der Waals surface area contributed by atoms with Crippen LogP contribution in [0.3, 0.4) is 0 Å². The zero-order valence-corrected chi connectivity index (χ0v) is 24.5. The normalized spacial score (nSPS) is 12.2. The highest BCUT2D eigenvalue weighted by Crippen LogP contribution is 2.06. The molecule has 0 spiro atoms. The molecule has 0 aliphatic carbocycles. The Hall–Kier alpha value is -3.55. The minimum Gasteiger partial charge on any atom is -0.347 e. The van der Waals surface area contributed by atoms with Crippen molar-refractivity contribution in [2.24, 2.45) is 11.8 Å². The number of carbonyl (C=O) groups is 7. The minimum atomic E-state index is -0.966. The van der Waals surface area contributed by atoms with Crippen LogP contribution in [0.15, 0.2) is 0 Å². The molecule has 0 aliphatic rings. The third kappa shape index (κ3) is 18.7. The zero-order chi connectivity index (χ0) is 30.7. The average molecular weight is 570 g/mol. The van der Waals surface area contributed by atoms with Crippen LogP contribution in [-0.4, -0.2) is 92.6 Å². The van der Waals surface area contributed by atoms with Crippen molar-refractivity contribution in [2.45, 2.75) is 72.9 Å². The Balaban J connectivity index is 4.80. The highest BCUT2D eigenvalue weighted by Gasteiger charge is 2.25. The molecule has 40 heavy (non-hydrogen) atoms. The van der Waals surface area contributed by atoms with Crippen molar-refractivity contribution in [2.75, 3.05) is 39.3 Å². The first-order chi connectivity index (χ1) is 18.7. The van der Waals surface area contributed by atoms with Gasteiger partial charge in [-0.05, 0) is 44.6 Å². The van der Waals surface area contributed by atoms with E-state index in [2.05, 4.69) is 37.2 Å². The van der Waals surface area contributed by atoms with E-state index in [1.807, 2.05) is 34.6 Å². The molecule has 228 valence electrons. The summed E-state index contributed by atoms with van der Waals surface area (Å²) in [6, 6.07) is -1.84.